The van der Waals surface area contributed by atoms with E-state index in [0.717, 1.165) is 19.5 Å². The second-order valence-corrected chi connectivity index (χ2v) is 7.12. The molecule has 1 unspecified atom stereocenters. The van der Waals surface area contributed by atoms with E-state index in [0.29, 0.717) is 22.7 Å². The van der Waals surface area contributed by atoms with E-state index in [1.165, 1.54) is 14.2 Å². The van der Waals surface area contributed by atoms with Crippen molar-refractivity contribution in [3.05, 3.63) is 17.7 Å². The summed E-state index contributed by atoms with van der Waals surface area (Å²) in [6, 6.07) is 3.28. The molecule has 25 heavy (non-hydrogen) atoms. The van der Waals surface area contributed by atoms with Gasteiger partial charge in [-0.1, -0.05) is 20.8 Å². The van der Waals surface area contributed by atoms with Crippen LogP contribution in [0.1, 0.15) is 37.6 Å². The average Bonchev–Trinajstić information content (AvgIpc) is 3.06. The average molecular weight is 349 g/mol. The van der Waals surface area contributed by atoms with Crippen molar-refractivity contribution in [3.8, 4) is 11.5 Å². The van der Waals surface area contributed by atoms with Gasteiger partial charge in [0.25, 0.3) is 5.91 Å². The van der Waals surface area contributed by atoms with E-state index in [1.54, 1.807) is 12.1 Å². The van der Waals surface area contributed by atoms with Gasteiger partial charge in [0.1, 0.15) is 0 Å². The molecule has 0 aromatic heterocycles. The smallest absolute Gasteiger partial charge is 0.253 e. The highest BCUT2D eigenvalue weighted by atomic mass is 16.5. The molecule has 7 heteroatoms. The summed E-state index contributed by atoms with van der Waals surface area (Å²) in [5.41, 5.74) is 0.166. The Morgan fingerprint density at radius 3 is 2.32 bits per heavy atom. The molecule has 7 nitrogen and oxygen atoms in total. The highest BCUT2D eigenvalue weighted by molar-refractivity contribution is 6.05. The van der Waals surface area contributed by atoms with Crippen LogP contribution in [0, 0.1) is 5.41 Å². The van der Waals surface area contributed by atoms with Gasteiger partial charge in [0.15, 0.2) is 11.5 Å². The van der Waals surface area contributed by atoms with Crippen LogP contribution in [0.4, 0.5) is 5.69 Å². The van der Waals surface area contributed by atoms with E-state index in [9.17, 15) is 9.59 Å². The lowest BCUT2D eigenvalue weighted by atomic mass is 9.95. The Hall–Kier alpha value is -2.28. The summed E-state index contributed by atoms with van der Waals surface area (Å²) >= 11 is 0. The molecule has 0 radical (unpaired) electrons. The molecule has 0 bridgehead atoms. The second-order valence-electron chi connectivity index (χ2n) is 7.12. The van der Waals surface area contributed by atoms with Crippen LogP contribution in [-0.2, 0) is 4.79 Å². The lowest BCUT2D eigenvalue weighted by Gasteiger charge is -2.21. The zero-order valence-electron chi connectivity index (χ0n) is 15.5. The van der Waals surface area contributed by atoms with Gasteiger partial charge in [0.2, 0.25) is 5.91 Å². The molecule has 0 aliphatic carbocycles. The molecular weight excluding hydrogens is 322 g/mol. The van der Waals surface area contributed by atoms with Gasteiger partial charge in [-0.15, -0.1) is 0 Å². The molecular formula is C18H27N3O4. The summed E-state index contributed by atoms with van der Waals surface area (Å²) in [4.78, 5) is 25.1. The number of carbonyl (C=O) groups excluding carboxylic acids is 2. The monoisotopic (exact) mass is 349 g/mol. The molecule has 1 heterocycles. The van der Waals surface area contributed by atoms with Crippen molar-refractivity contribution in [3.63, 3.8) is 0 Å². The van der Waals surface area contributed by atoms with Gasteiger partial charge in [-0.2, -0.15) is 0 Å². The number of hydrogen-bond donors (Lipinski definition) is 3. The maximum absolute atomic E-state index is 12.7. The molecule has 1 aromatic carbocycles. The van der Waals surface area contributed by atoms with Gasteiger partial charge in [-0.05, 0) is 19.0 Å². The number of rotatable bonds is 5. The topological polar surface area (TPSA) is 88.7 Å². The van der Waals surface area contributed by atoms with Gasteiger partial charge >= 0.3 is 0 Å². The first-order valence-corrected chi connectivity index (χ1v) is 8.35. The van der Waals surface area contributed by atoms with Crippen LogP contribution in [0.15, 0.2) is 12.1 Å². The standard InChI is InChI=1S/C18H27N3O4/c1-18(2,3)17(23)21-13-9-15(25-5)14(24-4)8-12(13)16(22)20-11-6-7-19-10-11/h8-9,11,19H,6-7,10H2,1-5H3,(H,20,22)(H,21,23). The zero-order valence-corrected chi connectivity index (χ0v) is 15.5. The maximum atomic E-state index is 12.7. The summed E-state index contributed by atoms with van der Waals surface area (Å²) in [7, 11) is 3.02. The minimum atomic E-state index is -0.587. The molecule has 3 N–H and O–H groups in total. The minimum Gasteiger partial charge on any atom is -0.493 e. The number of methoxy groups -OCH3 is 2. The number of benzene rings is 1. The Bertz CT molecular complexity index is 646. The Labute approximate surface area is 148 Å². The van der Waals surface area contributed by atoms with E-state index in [1.807, 2.05) is 20.8 Å². The number of amides is 2. The fourth-order valence-corrected chi connectivity index (χ4v) is 2.52. The van der Waals surface area contributed by atoms with Crippen molar-refractivity contribution in [2.24, 2.45) is 5.41 Å². The Morgan fingerprint density at radius 1 is 1.16 bits per heavy atom. The first kappa shape index (κ1) is 19.1. The third-order valence-corrected chi connectivity index (χ3v) is 4.09. The molecule has 1 fully saturated rings. The van der Waals surface area contributed by atoms with Gasteiger partial charge in [-0.3, -0.25) is 9.59 Å². The Balaban J connectivity index is 2.36. The van der Waals surface area contributed by atoms with Crippen molar-refractivity contribution < 1.29 is 19.1 Å². The maximum Gasteiger partial charge on any atom is 0.253 e. The van der Waals surface area contributed by atoms with Crippen LogP contribution < -0.4 is 25.4 Å². The van der Waals surface area contributed by atoms with E-state index < -0.39 is 5.41 Å². The number of nitrogens with one attached hydrogen (secondary N) is 3. The molecule has 2 rings (SSSR count). The largest absolute Gasteiger partial charge is 0.493 e. The first-order valence-electron chi connectivity index (χ1n) is 8.35. The highest BCUT2D eigenvalue weighted by Crippen LogP contribution is 2.34. The Kier molecular flexibility index (Phi) is 5.89. The number of ether oxygens (including phenoxy) is 2. The SMILES string of the molecule is COc1cc(NC(=O)C(C)(C)C)c(C(=O)NC2CCNC2)cc1OC. The molecule has 2 amide bonds. The molecule has 1 aromatic rings. The van der Waals surface area contributed by atoms with E-state index >= 15 is 0 Å². The van der Waals surface area contributed by atoms with Crippen LogP contribution in [-0.4, -0.2) is 45.2 Å². The van der Waals surface area contributed by atoms with Crippen LogP contribution >= 0.6 is 0 Å². The summed E-state index contributed by atoms with van der Waals surface area (Å²) in [5.74, 6) is 0.451. The lowest BCUT2D eigenvalue weighted by molar-refractivity contribution is -0.123. The fourth-order valence-electron chi connectivity index (χ4n) is 2.52. The quantitative estimate of drug-likeness (QED) is 0.754. The number of anilines is 1. The van der Waals surface area contributed by atoms with Gasteiger partial charge < -0.3 is 25.4 Å². The van der Waals surface area contributed by atoms with E-state index in [2.05, 4.69) is 16.0 Å². The predicted octanol–water partition coefficient (Wildman–Crippen LogP) is 1.78. The second kappa shape index (κ2) is 7.74. The van der Waals surface area contributed by atoms with Crippen LogP contribution in [0.2, 0.25) is 0 Å². The van der Waals surface area contributed by atoms with Crippen molar-refractivity contribution >= 4 is 17.5 Å². The summed E-state index contributed by atoms with van der Waals surface area (Å²) in [5, 5.41) is 9.03. The van der Waals surface area contributed by atoms with Crippen molar-refractivity contribution in [2.45, 2.75) is 33.2 Å². The highest BCUT2D eigenvalue weighted by Gasteiger charge is 2.26. The molecule has 1 aliphatic rings. The fraction of sp³-hybridized carbons (Fsp3) is 0.556. The number of hydrogen-bond acceptors (Lipinski definition) is 5. The first-order chi connectivity index (χ1) is 11.8. The van der Waals surface area contributed by atoms with Crippen LogP contribution in [0.3, 0.4) is 0 Å². The molecule has 1 atom stereocenters. The predicted molar refractivity (Wildman–Crippen MR) is 96.4 cm³/mol. The van der Waals surface area contributed by atoms with E-state index in [-0.39, 0.29) is 17.9 Å². The van der Waals surface area contributed by atoms with Gasteiger partial charge in [0, 0.05) is 24.1 Å². The molecule has 0 saturated carbocycles. The van der Waals surface area contributed by atoms with Crippen LogP contribution in [0.5, 0.6) is 11.5 Å². The Morgan fingerprint density at radius 2 is 1.80 bits per heavy atom. The van der Waals surface area contributed by atoms with Crippen molar-refractivity contribution in [2.75, 3.05) is 32.6 Å². The zero-order chi connectivity index (χ0) is 18.6. The number of carbonyl (C=O) groups is 2. The molecule has 1 aliphatic heterocycles. The third-order valence-electron chi connectivity index (χ3n) is 4.09. The molecule has 1 saturated heterocycles. The normalized spacial score (nSPS) is 17.1. The summed E-state index contributed by atoms with van der Waals surface area (Å²) < 4.78 is 10.6. The summed E-state index contributed by atoms with van der Waals surface area (Å²) in [6.45, 7) is 7.06. The summed E-state index contributed by atoms with van der Waals surface area (Å²) in [6.07, 6.45) is 0.878. The lowest BCUT2D eigenvalue weighted by Crippen LogP contribution is -2.37. The molecule has 0 spiro atoms. The van der Waals surface area contributed by atoms with Crippen molar-refractivity contribution in [1.29, 1.82) is 0 Å². The molecule has 138 valence electrons. The van der Waals surface area contributed by atoms with E-state index in [4.69, 9.17) is 9.47 Å². The third kappa shape index (κ3) is 4.63. The minimum absolute atomic E-state index is 0.0757. The van der Waals surface area contributed by atoms with Crippen LogP contribution in [0.25, 0.3) is 0 Å². The van der Waals surface area contributed by atoms with Gasteiger partial charge in [-0.25, -0.2) is 0 Å². The van der Waals surface area contributed by atoms with Crippen molar-refractivity contribution in [1.82, 2.24) is 10.6 Å². The van der Waals surface area contributed by atoms with Gasteiger partial charge in [0.05, 0.1) is 25.5 Å².